The maximum absolute atomic E-state index is 12.3. The summed E-state index contributed by atoms with van der Waals surface area (Å²) in [6.07, 6.45) is 2.34. The number of rotatable bonds is 6. The molecule has 1 aromatic rings. The standard InChI is InChI=1S/C19H30N4O2/c1-20-18-3-2-8-23(14-18)15-19(24)21-17-6-4-16(5-7-17)13-22-9-11-25-12-10-22/h4-7,18,20H,2-3,8-15H2,1H3,(H,21,24). The van der Waals surface area contributed by atoms with Crippen LogP contribution in [0.2, 0.25) is 0 Å². The molecule has 25 heavy (non-hydrogen) atoms. The van der Waals surface area contributed by atoms with E-state index in [1.807, 2.05) is 19.2 Å². The predicted octanol–water partition coefficient (Wildman–Crippen LogP) is 1.14. The number of likely N-dealkylation sites (tertiary alicyclic amines) is 1. The number of hydrogen-bond acceptors (Lipinski definition) is 5. The molecule has 0 aliphatic carbocycles. The number of nitrogens with one attached hydrogen (secondary N) is 2. The average molecular weight is 346 g/mol. The molecular formula is C19H30N4O2. The van der Waals surface area contributed by atoms with Crippen LogP contribution < -0.4 is 10.6 Å². The molecule has 2 N–H and O–H groups in total. The fraction of sp³-hybridized carbons (Fsp3) is 0.632. The van der Waals surface area contributed by atoms with Crippen molar-refractivity contribution in [3.8, 4) is 0 Å². The molecule has 2 heterocycles. The van der Waals surface area contributed by atoms with Crippen LogP contribution in [0.1, 0.15) is 18.4 Å². The van der Waals surface area contributed by atoms with E-state index in [2.05, 4.69) is 32.6 Å². The summed E-state index contributed by atoms with van der Waals surface area (Å²) in [5.41, 5.74) is 2.14. The molecule has 6 heteroatoms. The quantitative estimate of drug-likeness (QED) is 0.809. The van der Waals surface area contributed by atoms with Gasteiger partial charge in [0.25, 0.3) is 0 Å². The monoisotopic (exact) mass is 346 g/mol. The summed E-state index contributed by atoms with van der Waals surface area (Å²) in [4.78, 5) is 16.9. The minimum absolute atomic E-state index is 0.0673. The number of morpholine rings is 1. The predicted molar refractivity (Wildman–Crippen MR) is 99.7 cm³/mol. The van der Waals surface area contributed by atoms with Crippen molar-refractivity contribution in [1.82, 2.24) is 15.1 Å². The Hall–Kier alpha value is -1.47. The first-order valence-corrected chi connectivity index (χ1v) is 9.31. The van der Waals surface area contributed by atoms with E-state index in [4.69, 9.17) is 4.74 Å². The van der Waals surface area contributed by atoms with Gasteiger partial charge in [0.05, 0.1) is 19.8 Å². The second-order valence-corrected chi connectivity index (χ2v) is 7.00. The molecule has 0 radical (unpaired) electrons. The number of benzene rings is 1. The third kappa shape index (κ3) is 5.78. The number of nitrogens with zero attached hydrogens (tertiary/aromatic N) is 2. The molecule has 2 fully saturated rings. The number of carbonyl (C=O) groups is 1. The highest BCUT2D eigenvalue weighted by atomic mass is 16.5. The van der Waals surface area contributed by atoms with E-state index in [1.165, 1.54) is 12.0 Å². The number of anilines is 1. The van der Waals surface area contributed by atoms with Crippen molar-refractivity contribution in [1.29, 1.82) is 0 Å². The van der Waals surface area contributed by atoms with E-state index in [0.29, 0.717) is 12.6 Å². The molecule has 1 atom stereocenters. The van der Waals surface area contributed by atoms with Gasteiger partial charge in [-0.2, -0.15) is 0 Å². The largest absolute Gasteiger partial charge is 0.379 e. The van der Waals surface area contributed by atoms with Crippen molar-refractivity contribution in [2.45, 2.75) is 25.4 Å². The third-order valence-corrected chi connectivity index (χ3v) is 5.03. The summed E-state index contributed by atoms with van der Waals surface area (Å²) >= 11 is 0. The minimum atomic E-state index is 0.0673. The second kappa shape index (κ2) is 9.29. The van der Waals surface area contributed by atoms with Gasteiger partial charge >= 0.3 is 0 Å². The lowest BCUT2D eigenvalue weighted by Crippen LogP contribution is -2.46. The Bertz CT molecular complexity index is 543. The maximum Gasteiger partial charge on any atom is 0.238 e. The molecule has 138 valence electrons. The topological polar surface area (TPSA) is 56.8 Å². The van der Waals surface area contributed by atoms with Crippen LogP contribution in [0.25, 0.3) is 0 Å². The Labute approximate surface area is 150 Å². The number of piperidine rings is 1. The lowest BCUT2D eigenvalue weighted by molar-refractivity contribution is -0.117. The first-order valence-electron chi connectivity index (χ1n) is 9.31. The van der Waals surface area contributed by atoms with Gasteiger partial charge in [0.1, 0.15) is 0 Å². The van der Waals surface area contributed by atoms with Crippen molar-refractivity contribution in [2.24, 2.45) is 0 Å². The van der Waals surface area contributed by atoms with Crippen molar-refractivity contribution in [3.05, 3.63) is 29.8 Å². The zero-order chi connectivity index (χ0) is 17.5. The van der Waals surface area contributed by atoms with Crippen molar-refractivity contribution < 1.29 is 9.53 Å². The Morgan fingerprint density at radius 3 is 2.64 bits per heavy atom. The molecule has 1 aromatic carbocycles. The summed E-state index contributed by atoms with van der Waals surface area (Å²) in [7, 11) is 1.99. The third-order valence-electron chi connectivity index (χ3n) is 5.03. The molecule has 6 nitrogen and oxygen atoms in total. The van der Waals surface area contributed by atoms with Gasteiger partial charge in [-0.25, -0.2) is 0 Å². The van der Waals surface area contributed by atoms with Crippen molar-refractivity contribution in [2.75, 3.05) is 58.3 Å². The van der Waals surface area contributed by atoms with E-state index >= 15 is 0 Å². The number of hydrogen-bond donors (Lipinski definition) is 2. The molecule has 2 aliphatic rings. The number of amides is 1. The number of carbonyl (C=O) groups excluding carboxylic acids is 1. The van der Waals surface area contributed by atoms with Gasteiger partial charge in [-0.1, -0.05) is 12.1 Å². The Morgan fingerprint density at radius 1 is 1.16 bits per heavy atom. The normalized spacial score (nSPS) is 22.7. The van der Waals surface area contributed by atoms with Gasteiger partial charge in [-0.3, -0.25) is 14.6 Å². The van der Waals surface area contributed by atoms with Gasteiger partial charge in [0, 0.05) is 37.9 Å². The minimum Gasteiger partial charge on any atom is -0.379 e. The van der Waals surface area contributed by atoms with E-state index < -0.39 is 0 Å². The highest BCUT2D eigenvalue weighted by molar-refractivity contribution is 5.92. The van der Waals surface area contributed by atoms with Crippen LogP contribution in [0.4, 0.5) is 5.69 Å². The Balaban J connectivity index is 1.45. The van der Waals surface area contributed by atoms with Gasteiger partial charge in [0.15, 0.2) is 0 Å². The van der Waals surface area contributed by atoms with Crippen LogP contribution in [0.3, 0.4) is 0 Å². The molecule has 0 saturated carbocycles. The smallest absolute Gasteiger partial charge is 0.238 e. The van der Waals surface area contributed by atoms with Crippen LogP contribution in [0.15, 0.2) is 24.3 Å². The van der Waals surface area contributed by atoms with Crippen LogP contribution in [-0.4, -0.2) is 74.7 Å². The second-order valence-electron chi connectivity index (χ2n) is 7.00. The SMILES string of the molecule is CNC1CCCN(CC(=O)Nc2ccc(CN3CCOCC3)cc2)C1. The first kappa shape index (κ1) is 18.3. The van der Waals surface area contributed by atoms with Gasteiger partial charge in [-0.05, 0) is 44.1 Å². The average Bonchev–Trinajstić information content (AvgIpc) is 2.64. The molecule has 1 amide bonds. The van der Waals surface area contributed by atoms with Crippen LogP contribution in [0, 0.1) is 0 Å². The molecule has 0 bridgehead atoms. The zero-order valence-corrected chi connectivity index (χ0v) is 15.2. The van der Waals surface area contributed by atoms with Gasteiger partial charge in [-0.15, -0.1) is 0 Å². The summed E-state index contributed by atoms with van der Waals surface area (Å²) in [5.74, 6) is 0.0673. The summed E-state index contributed by atoms with van der Waals surface area (Å²) in [6, 6.07) is 8.70. The van der Waals surface area contributed by atoms with Crippen molar-refractivity contribution >= 4 is 11.6 Å². The van der Waals surface area contributed by atoms with Crippen LogP contribution in [0.5, 0.6) is 0 Å². The number of likely N-dealkylation sites (N-methyl/N-ethyl adjacent to an activating group) is 1. The van der Waals surface area contributed by atoms with Gasteiger partial charge in [0.2, 0.25) is 5.91 Å². The molecule has 2 aliphatic heterocycles. The number of ether oxygens (including phenoxy) is 1. The van der Waals surface area contributed by atoms with Gasteiger partial charge < -0.3 is 15.4 Å². The summed E-state index contributed by atoms with van der Waals surface area (Å²) < 4.78 is 5.38. The molecule has 0 spiro atoms. The van der Waals surface area contributed by atoms with Crippen LogP contribution >= 0.6 is 0 Å². The molecule has 3 rings (SSSR count). The lowest BCUT2D eigenvalue weighted by Gasteiger charge is -2.31. The highest BCUT2D eigenvalue weighted by Gasteiger charge is 2.20. The highest BCUT2D eigenvalue weighted by Crippen LogP contribution is 2.13. The molecular weight excluding hydrogens is 316 g/mol. The maximum atomic E-state index is 12.3. The Kier molecular flexibility index (Phi) is 6.81. The van der Waals surface area contributed by atoms with E-state index in [1.54, 1.807) is 0 Å². The van der Waals surface area contributed by atoms with E-state index in [0.717, 1.165) is 58.0 Å². The fourth-order valence-electron chi connectivity index (χ4n) is 3.55. The Morgan fingerprint density at radius 2 is 1.92 bits per heavy atom. The lowest BCUT2D eigenvalue weighted by atomic mass is 10.1. The zero-order valence-electron chi connectivity index (χ0n) is 15.2. The molecule has 2 saturated heterocycles. The molecule has 0 aromatic heterocycles. The van der Waals surface area contributed by atoms with Crippen molar-refractivity contribution in [3.63, 3.8) is 0 Å². The van der Waals surface area contributed by atoms with Crippen LogP contribution in [-0.2, 0) is 16.1 Å². The molecule has 1 unspecified atom stereocenters. The summed E-state index contributed by atoms with van der Waals surface area (Å²) in [6.45, 7) is 6.97. The first-order chi connectivity index (χ1) is 12.2. The van der Waals surface area contributed by atoms with E-state index in [9.17, 15) is 4.79 Å². The fourth-order valence-corrected chi connectivity index (χ4v) is 3.55. The summed E-state index contributed by atoms with van der Waals surface area (Å²) in [5, 5.41) is 6.33. The van der Waals surface area contributed by atoms with E-state index in [-0.39, 0.29) is 5.91 Å².